The topological polar surface area (TPSA) is 65.0 Å². The van der Waals surface area contributed by atoms with Gasteiger partial charge in [0.15, 0.2) is 0 Å². The number of hydrogen-bond donors (Lipinski definition) is 1. The summed E-state index contributed by atoms with van der Waals surface area (Å²) < 4.78 is 25.9. The molecule has 14 heavy (non-hydrogen) atoms. The van der Waals surface area contributed by atoms with Gasteiger partial charge < -0.3 is 9.47 Å². The van der Waals surface area contributed by atoms with E-state index in [1.54, 1.807) is 0 Å². The molecular weight excluding hydrogens is 207 g/mol. The van der Waals surface area contributed by atoms with E-state index in [-0.39, 0.29) is 24.9 Å². The predicted octanol–water partition coefficient (Wildman–Crippen LogP) is 1.24. The number of ether oxygens (including phenoxy) is 2. The molecule has 1 aliphatic heterocycles. The van der Waals surface area contributed by atoms with Gasteiger partial charge in [0.2, 0.25) is 0 Å². The molecule has 0 aromatic heterocycles. The highest BCUT2D eigenvalue weighted by Gasteiger charge is 2.35. The average molecular weight is 223 g/mol. The van der Waals surface area contributed by atoms with E-state index in [4.69, 9.17) is 14.4 Å². The van der Waals surface area contributed by atoms with Crippen LogP contribution >= 0.6 is 8.25 Å². The van der Waals surface area contributed by atoms with E-state index in [1.807, 2.05) is 13.8 Å². The largest absolute Gasteiger partial charge is 0.694 e. The molecule has 0 aliphatic carbocycles. The number of rotatable bonds is 5. The molecule has 5 nitrogen and oxygen atoms in total. The molecule has 0 spiro atoms. The van der Waals surface area contributed by atoms with Crippen LogP contribution in [0.1, 0.15) is 20.3 Å². The summed E-state index contributed by atoms with van der Waals surface area (Å²) in [5, 5.41) is 0. The van der Waals surface area contributed by atoms with E-state index in [2.05, 4.69) is 4.52 Å². The van der Waals surface area contributed by atoms with Crippen molar-refractivity contribution in [2.45, 2.75) is 38.6 Å². The zero-order valence-electron chi connectivity index (χ0n) is 8.38. The lowest BCUT2D eigenvalue weighted by atomic mass is 10.1. The Morgan fingerprint density at radius 2 is 2.36 bits per heavy atom. The molecule has 1 rings (SSSR count). The molecule has 4 atom stereocenters. The Morgan fingerprint density at radius 1 is 1.64 bits per heavy atom. The quantitative estimate of drug-likeness (QED) is 0.710. The van der Waals surface area contributed by atoms with E-state index in [0.717, 1.165) is 6.42 Å². The highest BCUT2D eigenvalue weighted by Crippen LogP contribution is 2.26. The maximum absolute atomic E-state index is 10.3. The second-order valence-electron chi connectivity index (χ2n) is 3.25. The molecule has 0 radical (unpaired) electrons. The fourth-order valence-electron chi connectivity index (χ4n) is 1.59. The van der Waals surface area contributed by atoms with Crippen molar-refractivity contribution in [1.29, 1.82) is 0 Å². The van der Waals surface area contributed by atoms with Crippen molar-refractivity contribution >= 4 is 8.25 Å². The summed E-state index contributed by atoms with van der Waals surface area (Å²) in [4.78, 5) is 8.49. The fourth-order valence-corrected chi connectivity index (χ4v) is 1.87. The zero-order valence-corrected chi connectivity index (χ0v) is 9.28. The average Bonchev–Trinajstić information content (AvgIpc) is 2.44. The van der Waals surface area contributed by atoms with Gasteiger partial charge in [-0.05, 0) is 13.8 Å². The highest BCUT2D eigenvalue weighted by molar-refractivity contribution is 7.32. The Kier molecular flexibility index (Phi) is 4.92. The molecule has 2 unspecified atom stereocenters. The smallest absolute Gasteiger partial charge is 0.376 e. The minimum Gasteiger partial charge on any atom is -0.376 e. The Labute approximate surface area is 84.3 Å². The monoisotopic (exact) mass is 223 g/mol. The van der Waals surface area contributed by atoms with Crippen LogP contribution in [0.5, 0.6) is 0 Å². The highest BCUT2D eigenvalue weighted by atomic mass is 31.1. The fraction of sp³-hybridized carbons (Fsp3) is 1.00. The normalized spacial score (nSPS) is 33.4. The van der Waals surface area contributed by atoms with Gasteiger partial charge >= 0.3 is 8.25 Å². The summed E-state index contributed by atoms with van der Waals surface area (Å²) in [5.74, 6) is 0. The molecule has 1 fully saturated rings. The van der Waals surface area contributed by atoms with Gasteiger partial charge in [0.05, 0.1) is 12.2 Å². The summed E-state index contributed by atoms with van der Waals surface area (Å²) in [5.41, 5.74) is 0. The van der Waals surface area contributed by atoms with Gasteiger partial charge in [0, 0.05) is 17.6 Å². The third-order valence-electron chi connectivity index (χ3n) is 2.12. The molecule has 1 saturated heterocycles. The summed E-state index contributed by atoms with van der Waals surface area (Å²) >= 11 is 0. The van der Waals surface area contributed by atoms with Crippen LogP contribution in [-0.2, 0) is 18.6 Å². The van der Waals surface area contributed by atoms with Gasteiger partial charge in [0.1, 0.15) is 12.7 Å². The van der Waals surface area contributed by atoms with Crippen LogP contribution in [0.4, 0.5) is 0 Å². The van der Waals surface area contributed by atoms with Crippen molar-refractivity contribution in [2.24, 2.45) is 0 Å². The Hall–Kier alpha value is -0.0600. The summed E-state index contributed by atoms with van der Waals surface area (Å²) in [6.45, 7) is 4.58. The molecule has 1 aliphatic rings. The Morgan fingerprint density at radius 3 is 2.93 bits per heavy atom. The standard InChI is InChI=1S/C8H15O5P/c1-3-11-7-4-6(2)13-8(7)5-12-14(9)10/h6-8H,3-5H2,1-2H3/p+1/t6-,7?,8+/m0/s1. The van der Waals surface area contributed by atoms with Gasteiger partial charge in [-0.2, -0.15) is 0 Å². The first-order chi connectivity index (χ1) is 6.63. The van der Waals surface area contributed by atoms with Crippen molar-refractivity contribution in [2.75, 3.05) is 13.2 Å². The van der Waals surface area contributed by atoms with Gasteiger partial charge in [-0.3, -0.25) is 0 Å². The van der Waals surface area contributed by atoms with Crippen molar-refractivity contribution in [3.8, 4) is 0 Å². The van der Waals surface area contributed by atoms with Crippen LogP contribution in [0.3, 0.4) is 0 Å². The SMILES string of the molecule is CCOC1C[C@H](C)O[C@@H]1CO[P+](=O)O. The second kappa shape index (κ2) is 5.73. The van der Waals surface area contributed by atoms with Gasteiger partial charge in [-0.15, -0.1) is 9.42 Å². The molecule has 1 N–H and O–H groups in total. The first-order valence-corrected chi connectivity index (χ1v) is 5.82. The Bertz CT molecular complexity index is 198. The first-order valence-electron chi connectivity index (χ1n) is 4.69. The minimum atomic E-state index is -2.54. The molecule has 0 aromatic carbocycles. The van der Waals surface area contributed by atoms with Gasteiger partial charge in [-0.1, -0.05) is 0 Å². The van der Waals surface area contributed by atoms with Crippen LogP contribution in [0.15, 0.2) is 0 Å². The third-order valence-corrected chi connectivity index (χ3v) is 2.49. The summed E-state index contributed by atoms with van der Waals surface area (Å²) in [6.07, 6.45) is 0.682. The van der Waals surface area contributed by atoms with E-state index < -0.39 is 8.25 Å². The molecular formula is C8H16O5P+. The maximum atomic E-state index is 10.3. The molecule has 6 heteroatoms. The molecule has 0 aromatic rings. The molecule has 0 amide bonds. The molecule has 0 bridgehead atoms. The van der Waals surface area contributed by atoms with Crippen molar-refractivity contribution in [3.05, 3.63) is 0 Å². The zero-order chi connectivity index (χ0) is 10.6. The van der Waals surface area contributed by atoms with Gasteiger partial charge in [0.25, 0.3) is 0 Å². The van der Waals surface area contributed by atoms with Crippen LogP contribution < -0.4 is 0 Å². The van der Waals surface area contributed by atoms with E-state index >= 15 is 0 Å². The van der Waals surface area contributed by atoms with Crippen LogP contribution in [0.2, 0.25) is 0 Å². The van der Waals surface area contributed by atoms with Crippen LogP contribution in [0.25, 0.3) is 0 Å². The van der Waals surface area contributed by atoms with Gasteiger partial charge in [-0.25, -0.2) is 0 Å². The third kappa shape index (κ3) is 3.59. The van der Waals surface area contributed by atoms with E-state index in [0.29, 0.717) is 6.61 Å². The van der Waals surface area contributed by atoms with Crippen molar-refractivity contribution in [1.82, 2.24) is 0 Å². The predicted molar refractivity (Wildman–Crippen MR) is 50.1 cm³/mol. The first kappa shape index (κ1) is 12.0. The minimum absolute atomic E-state index is 0.0232. The molecule has 82 valence electrons. The lowest BCUT2D eigenvalue weighted by molar-refractivity contribution is -0.0366. The van der Waals surface area contributed by atoms with E-state index in [1.165, 1.54) is 0 Å². The van der Waals surface area contributed by atoms with Crippen molar-refractivity contribution < 1.29 is 23.5 Å². The lowest BCUT2D eigenvalue weighted by Crippen LogP contribution is -2.28. The summed E-state index contributed by atoms with van der Waals surface area (Å²) in [7, 11) is -2.54. The van der Waals surface area contributed by atoms with Crippen LogP contribution in [-0.4, -0.2) is 36.4 Å². The van der Waals surface area contributed by atoms with Crippen LogP contribution in [0, 0.1) is 0 Å². The summed E-state index contributed by atoms with van der Waals surface area (Å²) in [6, 6.07) is 0. The van der Waals surface area contributed by atoms with E-state index in [9.17, 15) is 4.57 Å². The molecule has 0 saturated carbocycles. The molecule has 1 heterocycles. The Balaban J connectivity index is 2.36. The van der Waals surface area contributed by atoms with Crippen molar-refractivity contribution in [3.63, 3.8) is 0 Å². The number of hydrogen-bond acceptors (Lipinski definition) is 4. The lowest BCUT2D eigenvalue weighted by Gasteiger charge is -2.15. The second-order valence-corrected chi connectivity index (χ2v) is 3.98. The maximum Gasteiger partial charge on any atom is 0.694 e.